The van der Waals surface area contributed by atoms with Crippen molar-refractivity contribution in [2.24, 2.45) is 0 Å². The second-order valence-corrected chi connectivity index (χ2v) is 12.6. The fourth-order valence-corrected chi connectivity index (χ4v) is 7.78. The van der Waals surface area contributed by atoms with Crippen molar-refractivity contribution < 1.29 is 30.7 Å². The minimum absolute atomic E-state index is 0.194. The molecule has 0 heterocycles. The second-order valence-electron chi connectivity index (χ2n) is 8.62. The zero-order valence-corrected chi connectivity index (χ0v) is 23.5. The van der Waals surface area contributed by atoms with Gasteiger partial charge in [0.05, 0.1) is 24.0 Å². The molecule has 40 heavy (non-hydrogen) atoms. The smallest absolute Gasteiger partial charge is 0.256 e. The van der Waals surface area contributed by atoms with E-state index in [9.17, 15) is 16.8 Å². The highest BCUT2D eigenvalue weighted by atomic mass is 32.3. The van der Waals surface area contributed by atoms with Gasteiger partial charge in [0.15, 0.2) is 0 Å². The maximum Gasteiger partial charge on any atom is 0.256 e. The third-order valence-corrected chi connectivity index (χ3v) is 10.5. The first kappa shape index (κ1) is 29.0. The summed E-state index contributed by atoms with van der Waals surface area (Å²) >= 11 is 0. The first-order valence-corrected chi connectivity index (χ1v) is 15.1. The van der Waals surface area contributed by atoms with Crippen LogP contribution in [0.15, 0.2) is 125 Å². The van der Waals surface area contributed by atoms with Gasteiger partial charge in [-0.1, -0.05) is 64.4 Å². The number of hydrogen-bond acceptors (Lipinski definition) is 6. The molecule has 208 valence electrons. The zero-order chi connectivity index (χ0) is 28.8. The molecule has 0 unspecified atom stereocenters. The molecule has 0 fully saturated rings. The number of rotatable bonds is 11. The van der Waals surface area contributed by atoms with E-state index in [0.29, 0.717) is 26.3 Å². The first-order chi connectivity index (χ1) is 19.2. The molecule has 0 radical (unpaired) electrons. The highest BCUT2D eigenvalue weighted by Crippen LogP contribution is 2.33. The fraction of sp³-hybridized carbons (Fsp3) is 0.133. The van der Waals surface area contributed by atoms with E-state index >= 15 is 4.39 Å². The molecule has 0 spiro atoms. The lowest BCUT2D eigenvalue weighted by Gasteiger charge is -2.22. The molecule has 0 atom stereocenters. The van der Waals surface area contributed by atoms with Crippen LogP contribution < -0.4 is 9.47 Å². The van der Waals surface area contributed by atoms with Crippen LogP contribution in [0.1, 0.15) is 17.5 Å². The third-order valence-electron chi connectivity index (χ3n) is 6.16. The Morgan fingerprint density at radius 1 is 0.625 bits per heavy atom. The Morgan fingerprint density at radius 3 is 1.35 bits per heavy atom. The Kier molecular flexibility index (Phi) is 9.03. The topological polar surface area (TPSA) is 90.0 Å². The van der Waals surface area contributed by atoms with Crippen molar-refractivity contribution >= 4 is 25.6 Å². The molecule has 0 aliphatic heterocycles. The molecule has 0 aliphatic carbocycles. The SMILES string of the molecule is COc1ccc(C(=C(F)CCN(S(=O)(=O)c2ccccc2)S(=O)(=O)c2ccccc2)c2ccc(OC)cc2)cc1. The van der Waals surface area contributed by atoms with E-state index in [-0.39, 0.29) is 15.4 Å². The number of hydrogen-bond donors (Lipinski definition) is 0. The van der Waals surface area contributed by atoms with Crippen LogP contribution in [0.2, 0.25) is 0 Å². The van der Waals surface area contributed by atoms with Gasteiger partial charge in [0.1, 0.15) is 17.3 Å². The number of ether oxygens (including phenoxy) is 2. The lowest BCUT2D eigenvalue weighted by Crippen LogP contribution is -2.37. The Balaban J connectivity index is 1.80. The molecule has 0 bridgehead atoms. The van der Waals surface area contributed by atoms with Gasteiger partial charge in [0, 0.05) is 18.5 Å². The molecule has 0 saturated heterocycles. The van der Waals surface area contributed by atoms with Gasteiger partial charge in [-0.15, -0.1) is 0 Å². The quantitative estimate of drug-likeness (QED) is 0.219. The molecular weight excluding hydrogens is 553 g/mol. The summed E-state index contributed by atoms with van der Waals surface area (Å²) in [6.45, 7) is -0.657. The van der Waals surface area contributed by atoms with Gasteiger partial charge in [0.25, 0.3) is 20.0 Å². The molecule has 0 amide bonds. The van der Waals surface area contributed by atoms with E-state index in [4.69, 9.17) is 9.47 Å². The fourth-order valence-electron chi connectivity index (χ4n) is 4.10. The van der Waals surface area contributed by atoms with Gasteiger partial charge in [-0.25, -0.2) is 21.2 Å². The van der Waals surface area contributed by atoms with E-state index < -0.39 is 38.8 Å². The lowest BCUT2D eigenvalue weighted by molar-refractivity contribution is 0.414. The second kappa shape index (κ2) is 12.5. The number of benzene rings is 4. The monoisotopic (exact) mass is 581 g/mol. The summed E-state index contributed by atoms with van der Waals surface area (Å²) in [5.41, 5.74) is 1.21. The van der Waals surface area contributed by atoms with Crippen LogP contribution in [-0.4, -0.2) is 41.3 Å². The van der Waals surface area contributed by atoms with Crippen LogP contribution in [0.4, 0.5) is 4.39 Å². The summed E-state index contributed by atoms with van der Waals surface area (Å²) in [4.78, 5) is -0.436. The van der Waals surface area contributed by atoms with E-state index in [1.165, 1.54) is 62.8 Å². The van der Waals surface area contributed by atoms with Crippen molar-refractivity contribution in [3.63, 3.8) is 0 Å². The molecule has 4 rings (SSSR count). The Labute approximate surface area is 234 Å². The normalized spacial score (nSPS) is 11.7. The molecular formula is C30H28FNO6S2. The number of sulfonamides is 2. The van der Waals surface area contributed by atoms with Crippen molar-refractivity contribution in [3.8, 4) is 11.5 Å². The summed E-state index contributed by atoms with van der Waals surface area (Å²) < 4.78 is 81.3. The first-order valence-electron chi connectivity index (χ1n) is 12.2. The zero-order valence-electron chi connectivity index (χ0n) is 21.9. The number of nitrogens with zero attached hydrogens (tertiary/aromatic N) is 1. The van der Waals surface area contributed by atoms with Crippen LogP contribution in [0, 0.1) is 0 Å². The minimum Gasteiger partial charge on any atom is -0.497 e. The van der Waals surface area contributed by atoms with E-state index in [2.05, 4.69) is 0 Å². The van der Waals surface area contributed by atoms with Crippen molar-refractivity contribution in [2.45, 2.75) is 16.2 Å². The van der Waals surface area contributed by atoms with Crippen molar-refractivity contribution in [1.29, 1.82) is 0 Å². The van der Waals surface area contributed by atoms with Gasteiger partial charge < -0.3 is 9.47 Å². The summed E-state index contributed by atoms with van der Waals surface area (Å²) in [6, 6.07) is 27.8. The molecule has 0 aliphatic rings. The Morgan fingerprint density at radius 2 is 1.00 bits per heavy atom. The number of methoxy groups -OCH3 is 2. The molecule has 7 nitrogen and oxygen atoms in total. The van der Waals surface area contributed by atoms with Crippen LogP contribution >= 0.6 is 0 Å². The summed E-state index contributed by atoms with van der Waals surface area (Å²) in [6.07, 6.45) is -0.508. The summed E-state index contributed by atoms with van der Waals surface area (Å²) in [5.74, 6) is 0.464. The van der Waals surface area contributed by atoms with E-state index in [0.717, 1.165) is 0 Å². The van der Waals surface area contributed by atoms with E-state index in [1.807, 2.05) is 0 Å². The lowest BCUT2D eigenvalue weighted by atomic mass is 9.96. The predicted molar refractivity (Wildman–Crippen MR) is 152 cm³/mol. The van der Waals surface area contributed by atoms with Crippen molar-refractivity contribution in [3.05, 3.63) is 126 Å². The van der Waals surface area contributed by atoms with Gasteiger partial charge in [-0.05, 0) is 59.7 Å². The average Bonchev–Trinajstić information content (AvgIpc) is 2.99. The van der Waals surface area contributed by atoms with Crippen LogP contribution in [0.3, 0.4) is 0 Å². The highest BCUT2D eigenvalue weighted by molar-refractivity contribution is 8.04. The molecule has 4 aromatic carbocycles. The highest BCUT2D eigenvalue weighted by Gasteiger charge is 2.36. The summed E-state index contributed by atoms with van der Waals surface area (Å²) in [5, 5.41) is 0. The minimum atomic E-state index is -4.55. The molecule has 10 heteroatoms. The van der Waals surface area contributed by atoms with Gasteiger partial charge in [0.2, 0.25) is 0 Å². The Hall–Kier alpha value is -3.99. The van der Waals surface area contributed by atoms with Gasteiger partial charge in [-0.2, -0.15) is 0 Å². The maximum absolute atomic E-state index is 16.1. The molecule has 4 aromatic rings. The van der Waals surface area contributed by atoms with E-state index in [1.54, 1.807) is 60.7 Å². The van der Waals surface area contributed by atoms with Crippen molar-refractivity contribution in [2.75, 3.05) is 20.8 Å². The van der Waals surface area contributed by atoms with Crippen LogP contribution in [-0.2, 0) is 20.0 Å². The standard InChI is InChI=1S/C30H28FNO6S2/c1-37-25-17-13-23(14-18-25)30(24-15-19-26(38-2)20-16-24)29(31)21-22-32(39(33,34)27-9-5-3-6-10-27)40(35,36)28-11-7-4-8-12-28/h3-20H,21-22H2,1-2H3. The Bertz CT molecular complexity index is 1550. The van der Waals surface area contributed by atoms with Gasteiger partial charge in [-0.3, -0.25) is 0 Å². The largest absolute Gasteiger partial charge is 0.497 e. The average molecular weight is 582 g/mol. The van der Waals surface area contributed by atoms with Crippen LogP contribution in [0.5, 0.6) is 11.5 Å². The molecule has 0 aromatic heterocycles. The summed E-state index contributed by atoms with van der Waals surface area (Å²) in [7, 11) is -6.07. The predicted octanol–water partition coefficient (Wildman–Crippen LogP) is 5.90. The number of halogens is 1. The van der Waals surface area contributed by atoms with Crippen molar-refractivity contribution in [1.82, 2.24) is 3.71 Å². The maximum atomic E-state index is 16.1. The third kappa shape index (κ3) is 6.25. The van der Waals surface area contributed by atoms with Crippen LogP contribution in [0.25, 0.3) is 5.57 Å². The van der Waals surface area contributed by atoms with Gasteiger partial charge >= 0.3 is 0 Å². The molecule has 0 saturated carbocycles. The molecule has 0 N–H and O–H groups in total.